The number of benzene rings is 2. The number of carbonyl (C=O) groups is 1. The first kappa shape index (κ1) is 19.9. The van der Waals surface area contributed by atoms with Gasteiger partial charge in [0.25, 0.3) is 11.5 Å². The van der Waals surface area contributed by atoms with Gasteiger partial charge in [-0.15, -0.1) is 0 Å². The third-order valence-corrected chi connectivity index (χ3v) is 5.41. The first-order valence-electron chi connectivity index (χ1n) is 9.60. The van der Waals surface area contributed by atoms with Crippen LogP contribution < -0.4 is 10.9 Å². The number of alkyl halides is 3. The zero-order chi connectivity index (χ0) is 21.3. The van der Waals surface area contributed by atoms with Crippen LogP contribution in [0.25, 0.3) is 5.69 Å². The van der Waals surface area contributed by atoms with Gasteiger partial charge in [0.15, 0.2) is 0 Å². The molecular weight excluding hydrogens is 393 g/mol. The maximum atomic E-state index is 13.0. The topological polar surface area (TPSA) is 51.1 Å². The standard InChI is InChI=1S/C23H19F3N2O2/c24-23(25,26)17-6-3-7-18(13-17)28-12-4-9-20(22(28)30)21(29)27-14-16-11-10-15-5-1-2-8-19(15)16/h1-9,12-13,16H,10-11,14H2,(H,27,29). The zero-order valence-corrected chi connectivity index (χ0v) is 15.9. The van der Waals surface area contributed by atoms with Crippen molar-refractivity contribution in [1.82, 2.24) is 9.88 Å². The zero-order valence-electron chi connectivity index (χ0n) is 15.9. The van der Waals surface area contributed by atoms with E-state index >= 15 is 0 Å². The van der Waals surface area contributed by atoms with E-state index < -0.39 is 23.2 Å². The van der Waals surface area contributed by atoms with Gasteiger partial charge in [-0.3, -0.25) is 14.2 Å². The summed E-state index contributed by atoms with van der Waals surface area (Å²) in [6, 6.07) is 15.4. The number of hydrogen-bond donors (Lipinski definition) is 1. The summed E-state index contributed by atoms with van der Waals surface area (Å²) >= 11 is 0. The lowest BCUT2D eigenvalue weighted by molar-refractivity contribution is -0.137. The van der Waals surface area contributed by atoms with Crippen molar-refractivity contribution in [3.63, 3.8) is 0 Å². The maximum absolute atomic E-state index is 13.0. The van der Waals surface area contributed by atoms with Crippen molar-refractivity contribution >= 4 is 5.91 Å². The highest BCUT2D eigenvalue weighted by Gasteiger charge is 2.30. The van der Waals surface area contributed by atoms with Crippen molar-refractivity contribution in [3.8, 4) is 5.69 Å². The number of aromatic nitrogens is 1. The number of rotatable bonds is 4. The molecule has 0 aliphatic heterocycles. The molecule has 0 saturated carbocycles. The normalized spacial score (nSPS) is 15.6. The highest BCUT2D eigenvalue weighted by atomic mass is 19.4. The Bertz CT molecular complexity index is 1150. The van der Waals surface area contributed by atoms with Crippen LogP contribution in [0.5, 0.6) is 0 Å². The third-order valence-electron chi connectivity index (χ3n) is 5.41. The monoisotopic (exact) mass is 412 g/mol. The van der Waals surface area contributed by atoms with E-state index in [-0.39, 0.29) is 17.2 Å². The number of fused-ring (bicyclic) bond motifs is 1. The minimum absolute atomic E-state index is 0.0502. The molecule has 1 aliphatic carbocycles. The second-order valence-electron chi connectivity index (χ2n) is 7.29. The van der Waals surface area contributed by atoms with Gasteiger partial charge in [0.05, 0.1) is 5.56 Å². The Morgan fingerprint density at radius 2 is 1.87 bits per heavy atom. The molecule has 0 saturated heterocycles. The summed E-state index contributed by atoms with van der Waals surface area (Å²) in [5.41, 5.74) is 0.883. The molecule has 4 rings (SSSR count). The number of pyridine rings is 1. The fraction of sp³-hybridized carbons (Fsp3) is 0.217. The molecule has 7 heteroatoms. The fourth-order valence-electron chi connectivity index (χ4n) is 3.87. The molecule has 4 nitrogen and oxygen atoms in total. The maximum Gasteiger partial charge on any atom is 0.416 e. The van der Waals surface area contributed by atoms with Crippen molar-refractivity contribution in [2.45, 2.75) is 24.9 Å². The van der Waals surface area contributed by atoms with E-state index in [1.165, 1.54) is 41.6 Å². The van der Waals surface area contributed by atoms with Gasteiger partial charge >= 0.3 is 6.18 Å². The average molecular weight is 412 g/mol. The van der Waals surface area contributed by atoms with E-state index in [1.54, 1.807) is 0 Å². The molecule has 1 aliphatic rings. The minimum Gasteiger partial charge on any atom is -0.351 e. The van der Waals surface area contributed by atoms with Crippen molar-refractivity contribution in [2.24, 2.45) is 0 Å². The largest absolute Gasteiger partial charge is 0.416 e. The molecule has 0 radical (unpaired) electrons. The van der Waals surface area contributed by atoms with Crippen LogP contribution in [0, 0.1) is 0 Å². The molecule has 1 amide bonds. The van der Waals surface area contributed by atoms with Gasteiger partial charge in [-0.2, -0.15) is 13.2 Å². The SMILES string of the molecule is O=C(NCC1CCc2ccccc21)c1cccn(-c2cccc(C(F)(F)F)c2)c1=O. The van der Waals surface area contributed by atoms with Crippen LogP contribution in [-0.2, 0) is 12.6 Å². The molecule has 2 aromatic carbocycles. The smallest absolute Gasteiger partial charge is 0.351 e. The van der Waals surface area contributed by atoms with Gasteiger partial charge in [-0.25, -0.2) is 0 Å². The highest BCUT2D eigenvalue weighted by molar-refractivity contribution is 5.93. The second kappa shape index (κ2) is 7.82. The lowest BCUT2D eigenvalue weighted by atomic mass is 10.0. The molecule has 0 fully saturated rings. The van der Waals surface area contributed by atoms with Crippen LogP contribution in [0.1, 0.15) is 39.4 Å². The number of nitrogens with one attached hydrogen (secondary N) is 1. The van der Waals surface area contributed by atoms with Crippen molar-refractivity contribution in [3.05, 3.63) is 99.5 Å². The predicted octanol–water partition coefficient (Wildman–Crippen LogP) is 4.32. The fourth-order valence-corrected chi connectivity index (χ4v) is 3.87. The second-order valence-corrected chi connectivity index (χ2v) is 7.29. The Morgan fingerprint density at radius 3 is 2.67 bits per heavy atom. The van der Waals surface area contributed by atoms with Crippen molar-refractivity contribution in [1.29, 1.82) is 0 Å². The van der Waals surface area contributed by atoms with E-state index in [0.29, 0.717) is 6.54 Å². The molecule has 1 unspecified atom stereocenters. The van der Waals surface area contributed by atoms with Crippen LogP contribution in [0.3, 0.4) is 0 Å². The molecule has 3 aromatic rings. The predicted molar refractivity (Wildman–Crippen MR) is 107 cm³/mol. The molecule has 0 bridgehead atoms. The minimum atomic E-state index is -4.52. The van der Waals surface area contributed by atoms with Crippen LogP contribution in [0.2, 0.25) is 0 Å². The lowest BCUT2D eigenvalue weighted by Crippen LogP contribution is -2.34. The summed E-state index contributed by atoms with van der Waals surface area (Å²) in [5.74, 6) is -0.356. The molecule has 154 valence electrons. The van der Waals surface area contributed by atoms with Crippen molar-refractivity contribution in [2.75, 3.05) is 6.54 Å². The number of halogens is 3. The summed E-state index contributed by atoms with van der Waals surface area (Å²) in [5, 5.41) is 2.80. The molecular formula is C23H19F3N2O2. The van der Waals surface area contributed by atoms with Crippen LogP contribution in [0.15, 0.2) is 71.7 Å². The Balaban J connectivity index is 1.55. The van der Waals surface area contributed by atoms with Gasteiger partial charge in [-0.1, -0.05) is 30.3 Å². The molecule has 30 heavy (non-hydrogen) atoms. The molecule has 0 spiro atoms. The average Bonchev–Trinajstić information content (AvgIpc) is 3.15. The number of carbonyl (C=O) groups excluding carboxylic acids is 1. The van der Waals surface area contributed by atoms with Gasteiger partial charge < -0.3 is 5.32 Å². The molecule has 1 aromatic heterocycles. The van der Waals surface area contributed by atoms with Gasteiger partial charge in [0.2, 0.25) is 0 Å². The van der Waals surface area contributed by atoms with E-state index in [9.17, 15) is 22.8 Å². The van der Waals surface area contributed by atoms with Crippen molar-refractivity contribution < 1.29 is 18.0 Å². The van der Waals surface area contributed by atoms with E-state index in [1.807, 2.05) is 18.2 Å². The number of aryl methyl sites for hydroxylation is 1. The summed E-state index contributed by atoms with van der Waals surface area (Å²) in [4.78, 5) is 25.4. The number of amides is 1. The van der Waals surface area contributed by atoms with E-state index in [4.69, 9.17) is 0 Å². The van der Waals surface area contributed by atoms with Crippen LogP contribution >= 0.6 is 0 Å². The molecule has 1 heterocycles. The molecule has 1 atom stereocenters. The Kier molecular flexibility index (Phi) is 5.20. The number of nitrogens with zero attached hydrogens (tertiary/aromatic N) is 1. The third kappa shape index (κ3) is 3.87. The molecule has 1 N–H and O–H groups in total. The summed E-state index contributed by atoms with van der Waals surface area (Å²) < 4.78 is 40.0. The van der Waals surface area contributed by atoms with Crippen LogP contribution in [0.4, 0.5) is 13.2 Å². The Labute approximate surface area is 171 Å². The summed E-state index contributed by atoms with van der Waals surface area (Å²) in [6.45, 7) is 0.397. The van der Waals surface area contributed by atoms with E-state index in [2.05, 4.69) is 11.4 Å². The number of hydrogen-bond acceptors (Lipinski definition) is 2. The lowest BCUT2D eigenvalue weighted by Gasteiger charge is -2.14. The van der Waals surface area contributed by atoms with Gasteiger partial charge in [-0.05, 0) is 54.3 Å². The Morgan fingerprint density at radius 1 is 1.07 bits per heavy atom. The Hall–Kier alpha value is -3.35. The first-order valence-corrected chi connectivity index (χ1v) is 9.60. The van der Waals surface area contributed by atoms with E-state index in [0.717, 1.165) is 29.5 Å². The first-order chi connectivity index (χ1) is 14.3. The highest BCUT2D eigenvalue weighted by Crippen LogP contribution is 2.32. The quantitative estimate of drug-likeness (QED) is 0.694. The van der Waals surface area contributed by atoms with Gasteiger partial charge in [0, 0.05) is 24.3 Å². The van der Waals surface area contributed by atoms with Gasteiger partial charge in [0.1, 0.15) is 5.56 Å². The summed E-state index contributed by atoms with van der Waals surface area (Å²) in [7, 11) is 0. The summed E-state index contributed by atoms with van der Waals surface area (Å²) in [6.07, 6.45) is -1.30. The van der Waals surface area contributed by atoms with Crippen LogP contribution in [-0.4, -0.2) is 17.0 Å².